The molecule has 0 radical (unpaired) electrons. The average molecular weight is 268 g/mol. The van der Waals surface area contributed by atoms with Crippen LogP contribution in [-0.2, 0) is 9.59 Å². The second kappa shape index (κ2) is 8.69. The molecule has 0 saturated heterocycles. The van der Waals surface area contributed by atoms with Crippen molar-refractivity contribution >= 4 is 11.9 Å². The number of carboxylic acids is 1. The summed E-state index contributed by atoms with van der Waals surface area (Å²) in [5, 5.41) is 11.1. The van der Waals surface area contributed by atoms with Crippen LogP contribution in [0.5, 0.6) is 0 Å². The first-order valence-corrected chi connectivity index (χ1v) is 6.98. The summed E-state index contributed by atoms with van der Waals surface area (Å²) in [6, 6.07) is 0.691. The average Bonchev–Trinajstić information content (AvgIpc) is 2.42. The van der Waals surface area contributed by atoms with Crippen molar-refractivity contribution < 1.29 is 14.7 Å². The molecule has 1 amide bonds. The van der Waals surface area contributed by atoms with Gasteiger partial charge in [0.05, 0.1) is 0 Å². The summed E-state index contributed by atoms with van der Waals surface area (Å²) in [7, 11) is 2.14. The van der Waals surface area contributed by atoms with Gasteiger partial charge in [-0.05, 0) is 32.9 Å². The molecular formula is C14H24N2O3. The molecule has 1 aliphatic carbocycles. The number of amides is 1. The van der Waals surface area contributed by atoms with Crippen molar-refractivity contribution in [3.63, 3.8) is 0 Å². The van der Waals surface area contributed by atoms with Gasteiger partial charge in [-0.3, -0.25) is 4.79 Å². The van der Waals surface area contributed by atoms with E-state index in [9.17, 15) is 9.59 Å². The molecular weight excluding hydrogens is 244 g/mol. The summed E-state index contributed by atoms with van der Waals surface area (Å²) in [6.07, 6.45) is 9.36. The van der Waals surface area contributed by atoms with Crippen molar-refractivity contribution in [3.8, 4) is 0 Å². The molecule has 1 aliphatic rings. The Balaban J connectivity index is 2.09. The van der Waals surface area contributed by atoms with Crippen LogP contribution in [0.4, 0.5) is 0 Å². The first kappa shape index (κ1) is 15.7. The van der Waals surface area contributed by atoms with Crippen molar-refractivity contribution in [2.45, 2.75) is 44.6 Å². The second-order valence-electron chi connectivity index (χ2n) is 5.09. The maximum atomic E-state index is 11.2. The molecule has 0 bridgehead atoms. The molecule has 1 saturated carbocycles. The summed E-state index contributed by atoms with van der Waals surface area (Å²) in [5.41, 5.74) is 0. The Kier molecular flexibility index (Phi) is 7.18. The quantitative estimate of drug-likeness (QED) is 0.541. The number of carbonyl (C=O) groups is 2. The largest absolute Gasteiger partial charge is 0.478 e. The van der Waals surface area contributed by atoms with Crippen LogP contribution in [0.2, 0.25) is 0 Å². The van der Waals surface area contributed by atoms with E-state index >= 15 is 0 Å². The number of rotatable bonds is 7. The van der Waals surface area contributed by atoms with E-state index in [1.807, 2.05) is 0 Å². The standard InChI is InChI=1S/C14H24N2O3/c1-16(12-6-3-2-4-7-12)11-5-10-15-13(17)8-9-14(18)19/h8-9,12H,2-7,10-11H2,1H3,(H,15,17)(H,18,19)/b9-8+. The number of carbonyl (C=O) groups excluding carboxylic acids is 1. The molecule has 0 spiro atoms. The monoisotopic (exact) mass is 268 g/mol. The number of hydrogen-bond acceptors (Lipinski definition) is 3. The fourth-order valence-corrected chi connectivity index (χ4v) is 2.45. The molecule has 0 atom stereocenters. The molecule has 0 aromatic heterocycles. The lowest BCUT2D eigenvalue weighted by Gasteiger charge is -2.31. The molecule has 2 N–H and O–H groups in total. The smallest absolute Gasteiger partial charge is 0.328 e. The molecule has 5 nitrogen and oxygen atoms in total. The fourth-order valence-electron chi connectivity index (χ4n) is 2.45. The minimum Gasteiger partial charge on any atom is -0.478 e. The first-order valence-electron chi connectivity index (χ1n) is 6.98. The van der Waals surface area contributed by atoms with Crippen molar-refractivity contribution in [2.24, 2.45) is 0 Å². The molecule has 108 valence electrons. The van der Waals surface area contributed by atoms with Gasteiger partial charge in [-0.1, -0.05) is 19.3 Å². The van der Waals surface area contributed by atoms with Gasteiger partial charge >= 0.3 is 5.97 Å². The molecule has 0 aromatic carbocycles. The second-order valence-corrected chi connectivity index (χ2v) is 5.09. The molecule has 19 heavy (non-hydrogen) atoms. The zero-order valence-electron chi connectivity index (χ0n) is 11.6. The lowest BCUT2D eigenvalue weighted by Crippen LogP contribution is -2.35. The maximum Gasteiger partial charge on any atom is 0.328 e. The van der Waals surface area contributed by atoms with Crippen LogP contribution >= 0.6 is 0 Å². The number of nitrogens with zero attached hydrogens (tertiary/aromatic N) is 1. The molecule has 0 aliphatic heterocycles. The highest BCUT2D eigenvalue weighted by atomic mass is 16.4. The molecule has 5 heteroatoms. The Morgan fingerprint density at radius 3 is 2.58 bits per heavy atom. The minimum absolute atomic E-state index is 0.345. The van der Waals surface area contributed by atoms with Gasteiger partial charge in [-0.2, -0.15) is 0 Å². The molecule has 0 aromatic rings. The highest BCUT2D eigenvalue weighted by Crippen LogP contribution is 2.21. The zero-order valence-corrected chi connectivity index (χ0v) is 11.6. The predicted molar refractivity (Wildman–Crippen MR) is 73.9 cm³/mol. The Bertz CT molecular complexity index is 323. The van der Waals surface area contributed by atoms with E-state index in [4.69, 9.17) is 5.11 Å². The maximum absolute atomic E-state index is 11.2. The van der Waals surface area contributed by atoms with Gasteiger partial charge in [0.15, 0.2) is 0 Å². The third kappa shape index (κ3) is 6.96. The van der Waals surface area contributed by atoms with Crippen LogP contribution in [-0.4, -0.2) is 48.1 Å². The van der Waals surface area contributed by atoms with Gasteiger partial charge in [-0.15, -0.1) is 0 Å². The molecule has 1 fully saturated rings. The highest BCUT2D eigenvalue weighted by molar-refractivity contribution is 5.93. The van der Waals surface area contributed by atoms with E-state index in [0.717, 1.165) is 25.1 Å². The first-order chi connectivity index (χ1) is 9.09. The van der Waals surface area contributed by atoms with Gasteiger partial charge in [0, 0.05) is 24.7 Å². The van der Waals surface area contributed by atoms with Crippen molar-refractivity contribution in [2.75, 3.05) is 20.1 Å². The van der Waals surface area contributed by atoms with Crippen LogP contribution < -0.4 is 5.32 Å². The Labute approximate surface area is 114 Å². The Morgan fingerprint density at radius 1 is 1.26 bits per heavy atom. The number of nitrogens with one attached hydrogen (secondary N) is 1. The summed E-state index contributed by atoms with van der Waals surface area (Å²) in [5.74, 6) is -1.45. The number of aliphatic carboxylic acids is 1. The molecule has 0 unspecified atom stereocenters. The van der Waals surface area contributed by atoms with Crippen molar-refractivity contribution in [3.05, 3.63) is 12.2 Å². The highest BCUT2D eigenvalue weighted by Gasteiger charge is 2.17. The van der Waals surface area contributed by atoms with Gasteiger partial charge in [0.2, 0.25) is 5.91 Å². The van der Waals surface area contributed by atoms with Crippen LogP contribution in [0.1, 0.15) is 38.5 Å². The summed E-state index contributed by atoms with van der Waals surface area (Å²) >= 11 is 0. The minimum atomic E-state index is -1.10. The van der Waals surface area contributed by atoms with E-state index in [1.54, 1.807) is 0 Å². The van der Waals surface area contributed by atoms with Crippen molar-refractivity contribution in [1.29, 1.82) is 0 Å². The van der Waals surface area contributed by atoms with Gasteiger partial charge in [-0.25, -0.2) is 4.79 Å². The van der Waals surface area contributed by atoms with Gasteiger partial charge in [0.1, 0.15) is 0 Å². The topological polar surface area (TPSA) is 69.6 Å². The van der Waals surface area contributed by atoms with Gasteiger partial charge < -0.3 is 15.3 Å². The lowest BCUT2D eigenvalue weighted by atomic mass is 9.94. The van der Waals surface area contributed by atoms with E-state index in [1.165, 1.54) is 32.1 Å². The summed E-state index contributed by atoms with van der Waals surface area (Å²) in [6.45, 7) is 1.55. The van der Waals surface area contributed by atoms with E-state index in [2.05, 4.69) is 17.3 Å². The third-order valence-corrected chi connectivity index (χ3v) is 3.56. The number of carboxylic acid groups (broad SMARTS) is 1. The molecule has 0 heterocycles. The van der Waals surface area contributed by atoms with E-state index in [0.29, 0.717) is 12.6 Å². The van der Waals surface area contributed by atoms with Crippen LogP contribution in [0.25, 0.3) is 0 Å². The van der Waals surface area contributed by atoms with Crippen LogP contribution in [0, 0.1) is 0 Å². The van der Waals surface area contributed by atoms with E-state index < -0.39 is 5.97 Å². The predicted octanol–water partition coefficient (Wildman–Crippen LogP) is 1.40. The Morgan fingerprint density at radius 2 is 1.95 bits per heavy atom. The number of hydrogen-bond donors (Lipinski definition) is 2. The van der Waals surface area contributed by atoms with Gasteiger partial charge in [0.25, 0.3) is 0 Å². The summed E-state index contributed by atoms with van der Waals surface area (Å²) < 4.78 is 0. The van der Waals surface area contributed by atoms with Crippen LogP contribution in [0.15, 0.2) is 12.2 Å². The Hall–Kier alpha value is -1.36. The van der Waals surface area contributed by atoms with Crippen molar-refractivity contribution in [1.82, 2.24) is 10.2 Å². The van der Waals surface area contributed by atoms with E-state index in [-0.39, 0.29) is 5.91 Å². The zero-order chi connectivity index (χ0) is 14.1. The summed E-state index contributed by atoms with van der Waals surface area (Å²) in [4.78, 5) is 23.8. The lowest BCUT2D eigenvalue weighted by molar-refractivity contribution is -0.131. The fraction of sp³-hybridized carbons (Fsp3) is 0.714. The van der Waals surface area contributed by atoms with Crippen LogP contribution in [0.3, 0.4) is 0 Å². The normalized spacial score (nSPS) is 16.9. The third-order valence-electron chi connectivity index (χ3n) is 3.56. The molecule has 1 rings (SSSR count). The SMILES string of the molecule is CN(CCCNC(=O)/C=C/C(=O)O)C1CCCCC1.